The Kier molecular flexibility index (Phi) is 3.44. The number of hydrogen-bond donors (Lipinski definition) is 3. The second-order valence-corrected chi connectivity index (χ2v) is 4.07. The van der Waals surface area contributed by atoms with Crippen LogP contribution in [0.2, 0.25) is 0 Å². The van der Waals surface area contributed by atoms with Gasteiger partial charge in [0.1, 0.15) is 6.61 Å². The van der Waals surface area contributed by atoms with Gasteiger partial charge in [-0.05, 0) is 24.5 Å². The number of carbonyl (C=O) groups is 1. The van der Waals surface area contributed by atoms with Crippen LogP contribution in [0.15, 0.2) is 24.4 Å². The quantitative estimate of drug-likeness (QED) is 0.739. The summed E-state index contributed by atoms with van der Waals surface area (Å²) in [5, 5.41) is 12.4. The van der Waals surface area contributed by atoms with E-state index in [9.17, 15) is 4.79 Å². The van der Waals surface area contributed by atoms with Crippen LogP contribution in [0.3, 0.4) is 0 Å². The van der Waals surface area contributed by atoms with E-state index in [1.165, 1.54) is 16.5 Å². The summed E-state index contributed by atoms with van der Waals surface area (Å²) in [4.78, 5) is 14.1. The number of aliphatic hydroxyl groups is 1. The monoisotopic (exact) mass is 232 g/mol. The van der Waals surface area contributed by atoms with Gasteiger partial charge >= 0.3 is 0 Å². The van der Waals surface area contributed by atoms with E-state index in [1.54, 1.807) is 0 Å². The van der Waals surface area contributed by atoms with Gasteiger partial charge in [-0.2, -0.15) is 0 Å². The van der Waals surface area contributed by atoms with Crippen LogP contribution < -0.4 is 5.32 Å². The number of carbonyl (C=O) groups excluding carboxylic acids is 1. The lowest BCUT2D eigenvalue weighted by Gasteiger charge is -2.02. The number of aryl methyl sites for hydroxylation is 1. The molecular formula is C13H16N2O2. The predicted octanol–water partition coefficient (Wildman–Crippen LogP) is 1.13. The second-order valence-electron chi connectivity index (χ2n) is 4.07. The Morgan fingerprint density at radius 1 is 1.47 bits per heavy atom. The van der Waals surface area contributed by atoms with Gasteiger partial charge in [-0.1, -0.05) is 18.2 Å². The molecule has 1 heterocycles. The zero-order valence-corrected chi connectivity index (χ0v) is 9.79. The molecule has 4 heteroatoms. The van der Waals surface area contributed by atoms with E-state index in [2.05, 4.69) is 29.4 Å². The number of hydrogen-bond acceptors (Lipinski definition) is 2. The summed E-state index contributed by atoms with van der Waals surface area (Å²) in [5.74, 6) is -0.332. The third-order valence-corrected chi connectivity index (χ3v) is 2.87. The van der Waals surface area contributed by atoms with Crippen molar-refractivity contribution in [2.24, 2.45) is 0 Å². The average molecular weight is 232 g/mol. The van der Waals surface area contributed by atoms with Gasteiger partial charge in [0.25, 0.3) is 0 Å². The van der Waals surface area contributed by atoms with Gasteiger partial charge in [0.05, 0.1) is 0 Å². The fourth-order valence-corrected chi connectivity index (χ4v) is 1.96. The molecular weight excluding hydrogens is 216 g/mol. The summed E-state index contributed by atoms with van der Waals surface area (Å²) in [7, 11) is 0. The van der Waals surface area contributed by atoms with Crippen LogP contribution in [0, 0.1) is 6.92 Å². The predicted molar refractivity (Wildman–Crippen MR) is 66.8 cm³/mol. The Bertz CT molecular complexity index is 531. The number of amides is 1. The Morgan fingerprint density at radius 2 is 2.29 bits per heavy atom. The summed E-state index contributed by atoms with van der Waals surface area (Å²) >= 11 is 0. The molecule has 0 bridgehead atoms. The lowest BCUT2D eigenvalue weighted by atomic mass is 10.1. The first-order valence-corrected chi connectivity index (χ1v) is 5.65. The van der Waals surface area contributed by atoms with Gasteiger partial charge in [0.15, 0.2) is 0 Å². The van der Waals surface area contributed by atoms with Crippen LogP contribution in [0.25, 0.3) is 10.9 Å². The van der Waals surface area contributed by atoms with Crippen molar-refractivity contribution in [2.75, 3.05) is 13.2 Å². The highest BCUT2D eigenvalue weighted by Gasteiger charge is 2.05. The SMILES string of the molecule is Cc1cccc2c(CCNC(=O)CO)c[nH]c12. The highest BCUT2D eigenvalue weighted by Crippen LogP contribution is 2.21. The Balaban J connectivity index is 2.09. The van der Waals surface area contributed by atoms with Crippen molar-refractivity contribution in [2.45, 2.75) is 13.3 Å². The minimum absolute atomic E-state index is 0.332. The van der Waals surface area contributed by atoms with E-state index >= 15 is 0 Å². The maximum atomic E-state index is 10.9. The van der Waals surface area contributed by atoms with Crippen molar-refractivity contribution in [3.63, 3.8) is 0 Å². The minimum atomic E-state index is -0.451. The molecule has 2 aromatic rings. The lowest BCUT2D eigenvalue weighted by Crippen LogP contribution is -2.28. The third kappa shape index (κ3) is 2.47. The number of fused-ring (bicyclic) bond motifs is 1. The first-order chi connectivity index (χ1) is 8.22. The van der Waals surface area contributed by atoms with E-state index in [0.29, 0.717) is 6.54 Å². The molecule has 17 heavy (non-hydrogen) atoms. The van der Waals surface area contributed by atoms with Crippen LogP contribution in [0.5, 0.6) is 0 Å². The molecule has 0 radical (unpaired) electrons. The van der Waals surface area contributed by atoms with E-state index in [-0.39, 0.29) is 5.91 Å². The van der Waals surface area contributed by atoms with E-state index in [4.69, 9.17) is 5.11 Å². The number of para-hydroxylation sites is 1. The number of rotatable bonds is 4. The standard InChI is InChI=1S/C13H16N2O2/c1-9-3-2-4-11-10(7-15-13(9)11)5-6-14-12(17)8-16/h2-4,7,15-16H,5-6,8H2,1H3,(H,14,17). The molecule has 0 aliphatic heterocycles. The smallest absolute Gasteiger partial charge is 0.245 e. The van der Waals surface area contributed by atoms with Crippen molar-refractivity contribution >= 4 is 16.8 Å². The number of H-pyrrole nitrogens is 1. The molecule has 0 saturated heterocycles. The number of benzene rings is 1. The van der Waals surface area contributed by atoms with Crippen LogP contribution in [-0.4, -0.2) is 29.1 Å². The molecule has 0 aliphatic rings. The number of aromatic amines is 1. The zero-order valence-electron chi connectivity index (χ0n) is 9.79. The molecule has 0 aliphatic carbocycles. The van der Waals surface area contributed by atoms with Gasteiger partial charge in [0.2, 0.25) is 5.91 Å². The summed E-state index contributed by atoms with van der Waals surface area (Å²) < 4.78 is 0. The Morgan fingerprint density at radius 3 is 3.06 bits per heavy atom. The maximum Gasteiger partial charge on any atom is 0.245 e. The zero-order chi connectivity index (χ0) is 12.3. The number of nitrogens with one attached hydrogen (secondary N) is 2. The van der Waals surface area contributed by atoms with Gasteiger partial charge in [-0.15, -0.1) is 0 Å². The highest BCUT2D eigenvalue weighted by atomic mass is 16.3. The molecule has 1 aromatic heterocycles. The van der Waals surface area contributed by atoms with E-state index in [0.717, 1.165) is 11.9 Å². The number of aromatic nitrogens is 1. The molecule has 90 valence electrons. The van der Waals surface area contributed by atoms with Crippen molar-refractivity contribution in [1.29, 1.82) is 0 Å². The van der Waals surface area contributed by atoms with Crippen molar-refractivity contribution < 1.29 is 9.90 Å². The summed E-state index contributed by atoms with van der Waals surface area (Å²) in [6.07, 6.45) is 2.73. The van der Waals surface area contributed by atoms with Crippen molar-refractivity contribution in [3.05, 3.63) is 35.5 Å². The molecule has 3 N–H and O–H groups in total. The fraction of sp³-hybridized carbons (Fsp3) is 0.308. The summed E-state index contributed by atoms with van der Waals surface area (Å²) in [6, 6.07) is 6.17. The first kappa shape index (κ1) is 11.7. The van der Waals surface area contributed by atoms with Crippen LogP contribution in [0.4, 0.5) is 0 Å². The minimum Gasteiger partial charge on any atom is -0.387 e. The first-order valence-electron chi connectivity index (χ1n) is 5.65. The summed E-state index contributed by atoms with van der Waals surface area (Å²) in [5.41, 5.74) is 3.55. The molecule has 0 saturated carbocycles. The van der Waals surface area contributed by atoms with Crippen LogP contribution in [0.1, 0.15) is 11.1 Å². The molecule has 0 atom stereocenters. The van der Waals surface area contributed by atoms with Crippen LogP contribution in [-0.2, 0) is 11.2 Å². The Hall–Kier alpha value is -1.81. The van der Waals surface area contributed by atoms with Crippen molar-refractivity contribution in [1.82, 2.24) is 10.3 Å². The number of aliphatic hydroxyl groups excluding tert-OH is 1. The van der Waals surface area contributed by atoms with Gasteiger partial charge in [0, 0.05) is 23.6 Å². The van der Waals surface area contributed by atoms with Gasteiger partial charge in [-0.25, -0.2) is 0 Å². The third-order valence-electron chi connectivity index (χ3n) is 2.87. The highest BCUT2D eigenvalue weighted by molar-refractivity contribution is 5.86. The fourth-order valence-electron chi connectivity index (χ4n) is 1.96. The van der Waals surface area contributed by atoms with Gasteiger partial charge in [-0.3, -0.25) is 4.79 Å². The largest absolute Gasteiger partial charge is 0.387 e. The normalized spacial score (nSPS) is 10.7. The molecule has 0 fully saturated rings. The molecule has 1 amide bonds. The topological polar surface area (TPSA) is 65.1 Å². The lowest BCUT2D eigenvalue weighted by molar-refractivity contribution is -0.123. The van der Waals surface area contributed by atoms with Gasteiger partial charge < -0.3 is 15.4 Å². The molecule has 0 unspecified atom stereocenters. The maximum absolute atomic E-state index is 10.9. The molecule has 1 aromatic carbocycles. The average Bonchev–Trinajstić information content (AvgIpc) is 2.74. The van der Waals surface area contributed by atoms with Crippen LogP contribution >= 0.6 is 0 Å². The molecule has 0 spiro atoms. The van der Waals surface area contributed by atoms with E-state index < -0.39 is 6.61 Å². The molecule has 4 nitrogen and oxygen atoms in total. The summed E-state index contributed by atoms with van der Waals surface area (Å²) in [6.45, 7) is 2.16. The van der Waals surface area contributed by atoms with Crippen molar-refractivity contribution in [3.8, 4) is 0 Å². The molecule has 2 rings (SSSR count). The van der Waals surface area contributed by atoms with E-state index in [1.807, 2.05) is 12.3 Å². The Labute approximate surface area is 99.7 Å². The second kappa shape index (κ2) is 5.01.